The van der Waals surface area contributed by atoms with Gasteiger partial charge in [0.1, 0.15) is 5.82 Å². The lowest BCUT2D eigenvalue weighted by Crippen LogP contribution is -2.15. The number of hydrogen-bond acceptors (Lipinski definition) is 5. The van der Waals surface area contributed by atoms with Crippen molar-refractivity contribution in [3.8, 4) is 5.75 Å². The van der Waals surface area contributed by atoms with E-state index in [0.717, 1.165) is 12.1 Å². The number of halogens is 3. The molecule has 1 unspecified atom stereocenters. The minimum Gasteiger partial charge on any atom is -0.480 e. The normalized spacial score (nSPS) is 11.9. The maximum Gasteiger partial charge on any atom is 0.234 e. The summed E-state index contributed by atoms with van der Waals surface area (Å²) in [5.41, 5.74) is 0.533. The summed E-state index contributed by atoms with van der Waals surface area (Å²) in [5, 5.41) is 12.0. The molecule has 0 aliphatic rings. The van der Waals surface area contributed by atoms with Crippen molar-refractivity contribution in [2.75, 3.05) is 11.1 Å². The first-order valence-corrected chi connectivity index (χ1v) is 10.5. The highest BCUT2D eigenvalue weighted by Crippen LogP contribution is 2.27. The molecule has 0 radical (unpaired) electrons. The number of nitrogens with one attached hydrogen (secondary N) is 1. The van der Waals surface area contributed by atoms with Crippen LogP contribution in [0.4, 0.5) is 14.5 Å². The number of anilines is 1. The van der Waals surface area contributed by atoms with Crippen LogP contribution in [-0.4, -0.2) is 26.4 Å². The van der Waals surface area contributed by atoms with Gasteiger partial charge in [-0.25, -0.2) is 8.78 Å². The number of nitrogens with zero attached hydrogens (tertiary/aromatic N) is 3. The Hall–Kier alpha value is -2.65. The van der Waals surface area contributed by atoms with Crippen molar-refractivity contribution in [1.82, 2.24) is 14.8 Å². The fourth-order valence-corrected chi connectivity index (χ4v) is 3.69. The predicted octanol–water partition coefficient (Wildman–Crippen LogP) is 5.10. The third kappa shape index (κ3) is 5.28. The van der Waals surface area contributed by atoms with Crippen LogP contribution in [0.15, 0.2) is 47.6 Å². The van der Waals surface area contributed by atoms with E-state index in [2.05, 4.69) is 15.5 Å². The number of ether oxygens (including phenoxy) is 1. The Morgan fingerprint density at radius 1 is 1.27 bits per heavy atom. The molecule has 1 heterocycles. The number of para-hydroxylation sites is 1. The molecule has 0 spiro atoms. The SMILES string of the molecule is CCn1c(SCC(=O)Nc2ccccc2Cl)nnc1C(C)Oc1ccc(F)cc1F. The van der Waals surface area contributed by atoms with Gasteiger partial charge in [0.15, 0.2) is 28.7 Å². The third-order valence-electron chi connectivity index (χ3n) is 4.10. The molecular formula is C20H19ClF2N4O2S. The number of thioether (sulfide) groups is 1. The number of benzene rings is 2. The molecule has 0 aliphatic carbocycles. The zero-order valence-corrected chi connectivity index (χ0v) is 17.8. The minimum atomic E-state index is -0.796. The summed E-state index contributed by atoms with van der Waals surface area (Å²) in [6.45, 7) is 4.11. The Morgan fingerprint density at radius 3 is 2.73 bits per heavy atom. The van der Waals surface area contributed by atoms with E-state index in [1.54, 1.807) is 35.8 Å². The second-order valence-corrected chi connectivity index (χ2v) is 7.59. The standard InChI is InChI=1S/C20H19ClF2N4O2S/c1-3-27-19(12(2)29-17-9-8-13(22)10-15(17)23)25-26-20(27)30-11-18(28)24-16-7-5-4-6-14(16)21/h4-10,12H,3,11H2,1-2H3,(H,24,28). The number of aromatic nitrogens is 3. The van der Waals surface area contributed by atoms with Gasteiger partial charge in [0.05, 0.1) is 16.5 Å². The smallest absolute Gasteiger partial charge is 0.234 e. The predicted molar refractivity (Wildman–Crippen MR) is 112 cm³/mol. The lowest BCUT2D eigenvalue weighted by molar-refractivity contribution is -0.113. The Bertz CT molecular complexity index is 1050. The molecule has 1 amide bonds. The summed E-state index contributed by atoms with van der Waals surface area (Å²) in [4.78, 5) is 12.2. The Kier molecular flexibility index (Phi) is 7.28. The van der Waals surface area contributed by atoms with Crippen LogP contribution >= 0.6 is 23.4 Å². The Morgan fingerprint density at radius 2 is 2.03 bits per heavy atom. The maximum absolute atomic E-state index is 13.9. The fraction of sp³-hybridized carbons (Fsp3) is 0.250. The molecule has 1 atom stereocenters. The second-order valence-electron chi connectivity index (χ2n) is 6.24. The highest BCUT2D eigenvalue weighted by Gasteiger charge is 2.20. The summed E-state index contributed by atoms with van der Waals surface area (Å²) in [6, 6.07) is 10.1. The lowest BCUT2D eigenvalue weighted by atomic mass is 10.3. The third-order valence-corrected chi connectivity index (χ3v) is 5.40. The van der Waals surface area contributed by atoms with E-state index in [4.69, 9.17) is 16.3 Å². The van der Waals surface area contributed by atoms with Crippen molar-refractivity contribution >= 4 is 35.0 Å². The van der Waals surface area contributed by atoms with Crippen molar-refractivity contribution < 1.29 is 18.3 Å². The fourth-order valence-electron chi connectivity index (χ4n) is 2.70. The first kappa shape index (κ1) is 22.0. The molecule has 0 bridgehead atoms. The molecule has 2 aromatic carbocycles. The average molecular weight is 453 g/mol. The summed E-state index contributed by atoms with van der Waals surface area (Å²) >= 11 is 7.26. The molecule has 3 rings (SSSR count). The van der Waals surface area contributed by atoms with Gasteiger partial charge in [-0.05, 0) is 38.1 Å². The van der Waals surface area contributed by atoms with Crippen LogP contribution in [-0.2, 0) is 11.3 Å². The molecule has 1 aromatic heterocycles. The van der Waals surface area contributed by atoms with Crippen LogP contribution in [0, 0.1) is 11.6 Å². The molecule has 0 fully saturated rings. The molecule has 10 heteroatoms. The van der Waals surface area contributed by atoms with Crippen LogP contribution in [0.1, 0.15) is 25.8 Å². The van der Waals surface area contributed by atoms with E-state index in [1.807, 2.05) is 6.92 Å². The quantitative estimate of drug-likeness (QED) is 0.481. The van der Waals surface area contributed by atoms with Gasteiger partial charge in [-0.15, -0.1) is 10.2 Å². The number of hydrogen-bond donors (Lipinski definition) is 1. The van der Waals surface area contributed by atoms with Crippen LogP contribution in [0.3, 0.4) is 0 Å². The van der Waals surface area contributed by atoms with Crippen LogP contribution < -0.4 is 10.1 Å². The van der Waals surface area contributed by atoms with E-state index in [0.29, 0.717) is 28.2 Å². The molecular weight excluding hydrogens is 434 g/mol. The monoisotopic (exact) mass is 452 g/mol. The van der Waals surface area contributed by atoms with Gasteiger partial charge in [-0.3, -0.25) is 4.79 Å². The van der Waals surface area contributed by atoms with Crippen molar-refractivity contribution in [2.45, 2.75) is 31.7 Å². The van der Waals surface area contributed by atoms with E-state index < -0.39 is 17.7 Å². The van der Waals surface area contributed by atoms with Crippen LogP contribution in [0.2, 0.25) is 5.02 Å². The molecule has 0 aliphatic heterocycles. The zero-order valence-electron chi connectivity index (χ0n) is 16.2. The number of amides is 1. The Labute approximate surface area is 181 Å². The van der Waals surface area contributed by atoms with E-state index >= 15 is 0 Å². The molecule has 158 valence electrons. The van der Waals surface area contributed by atoms with Gasteiger partial charge in [-0.2, -0.15) is 0 Å². The summed E-state index contributed by atoms with van der Waals surface area (Å²) in [7, 11) is 0. The largest absolute Gasteiger partial charge is 0.480 e. The van der Waals surface area contributed by atoms with Gasteiger partial charge in [0.2, 0.25) is 5.91 Å². The molecule has 3 aromatic rings. The molecule has 0 saturated heterocycles. The van der Waals surface area contributed by atoms with Gasteiger partial charge in [-0.1, -0.05) is 35.5 Å². The zero-order chi connectivity index (χ0) is 21.7. The lowest BCUT2D eigenvalue weighted by Gasteiger charge is -2.16. The van der Waals surface area contributed by atoms with Crippen LogP contribution in [0.25, 0.3) is 0 Å². The highest BCUT2D eigenvalue weighted by molar-refractivity contribution is 7.99. The van der Waals surface area contributed by atoms with E-state index in [9.17, 15) is 13.6 Å². The van der Waals surface area contributed by atoms with Crippen molar-refractivity contribution in [3.05, 3.63) is 64.9 Å². The van der Waals surface area contributed by atoms with Crippen molar-refractivity contribution in [3.63, 3.8) is 0 Å². The molecule has 0 saturated carbocycles. The number of rotatable bonds is 8. The number of carbonyl (C=O) groups is 1. The molecule has 30 heavy (non-hydrogen) atoms. The first-order chi connectivity index (χ1) is 14.4. The average Bonchev–Trinajstić information content (AvgIpc) is 3.13. The summed E-state index contributed by atoms with van der Waals surface area (Å²) < 4.78 is 34.3. The van der Waals surface area contributed by atoms with Gasteiger partial charge >= 0.3 is 0 Å². The van der Waals surface area contributed by atoms with E-state index in [-0.39, 0.29) is 17.4 Å². The molecule has 1 N–H and O–H groups in total. The van der Waals surface area contributed by atoms with Crippen molar-refractivity contribution in [1.29, 1.82) is 0 Å². The topological polar surface area (TPSA) is 69.0 Å². The van der Waals surface area contributed by atoms with Gasteiger partial charge in [0.25, 0.3) is 0 Å². The van der Waals surface area contributed by atoms with Crippen molar-refractivity contribution in [2.24, 2.45) is 0 Å². The first-order valence-electron chi connectivity index (χ1n) is 9.11. The van der Waals surface area contributed by atoms with Crippen LogP contribution in [0.5, 0.6) is 5.75 Å². The highest BCUT2D eigenvalue weighted by atomic mass is 35.5. The van der Waals surface area contributed by atoms with E-state index in [1.165, 1.54) is 17.8 Å². The second kappa shape index (κ2) is 9.90. The minimum absolute atomic E-state index is 0.0807. The summed E-state index contributed by atoms with van der Waals surface area (Å²) in [6.07, 6.45) is -0.635. The van der Waals surface area contributed by atoms with Gasteiger partial charge < -0.3 is 14.6 Å². The van der Waals surface area contributed by atoms with Gasteiger partial charge in [0, 0.05) is 12.6 Å². The maximum atomic E-state index is 13.9. The Balaban J connectivity index is 1.66. The summed E-state index contributed by atoms with van der Waals surface area (Å²) in [5.74, 6) is -1.23. The number of carbonyl (C=O) groups excluding carboxylic acids is 1. The molecule has 6 nitrogen and oxygen atoms in total.